The summed E-state index contributed by atoms with van der Waals surface area (Å²) >= 11 is 0. The van der Waals surface area contributed by atoms with Crippen LogP contribution in [0.4, 0.5) is 0 Å². The molecule has 9 nitrogen and oxygen atoms in total. The zero-order valence-electron chi connectivity index (χ0n) is 14.5. The van der Waals surface area contributed by atoms with Gasteiger partial charge in [-0.25, -0.2) is 22.8 Å². The predicted molar refractivity (Wildman–Crippen MR) is 98.4 cm³/mol. The first-order valence-corrected chi connectivity index (χ1v) is 9.92. The number of rotatable bonds is 7. The van der Waals surface area contributed by atoms with E-state index in [0.29, 0.717) is 16.9 Å². The van der Waals surface area contributed by atoms with Gasteiger partial charge in [-0.15, -0.1) is 0 Å². The number of benzene rings is 1. The van der Waals surface area contributed by atoms with Gasteiger partial charge < -0.3 is 5.32 Å². The molecule has 140 valence electrons. The van der Waals surface area contributed by atoms with Gasteiger partial charge in [0.2, 0.25) is 10.0 Å². The topological polar surface area (TPSA) is 119 Å². The minimum Gasteiger partial charge on any atom is -0.348 e. The Morgan fingerprint density at radius 3 is 2.74 bits per heavy atom. The van der Waals surface area contributed by atoms with Gasteiger partial charge in [-0.2, -0.15) is 5.10 Å². The van der Waals surface area contributed by atoms with Gasteiger partial charge in [0.1, 0.15) is 12.7 Å². The summed E-state index contributed by atoms with van der Waals surface area (Å²) in [5.74, 6) is -0.256. The van der Waals surface area contributed by atoms with E-state index in [1.54, 1.807) is 36.5 Å². The van der Waals surface area contributed by atoms with Gasteiger partial charge in [-0.05, 0) is 29.8 Å². The maximum atomic E-state index is 12.6. The van der Waals surface area contributed by atoms with Crippen LogP contribution in [-0.4, -0.2) is 40.3 Å². The van der Waals surface area contributed by atoms with Crippen LogP contribution < -0.4 is 10.0 Å². The zero-order chi connectivity index (χ0) is 19.3. The normalized spacial score (nSPS) is 11.3. The molecule has 2 aromatic heterocycles. The Hall–Kier alpha value is -3.11. The van der Waals surface area contributed by atoms with Crippen LogP contribution in [-0.2, 0) is 23.1 Å². The number of para-hydroxylation sites is 1. The molecule has 2 N–H and O–H groups in total. The van der Waals surface area contributed by atoms with E-state index in [2.05, 4.69) is 25.1 Å². The van der Waals surface area contributed by atoms with Gasteiger partial charge in [0.25, 0.3) is 5.91 Å². The van der Waals surface area contributed by atoms with Crippen molar-refractivity contribution in [3.8, 4) is 5.69 Å². The van der Waals surface area contributed by atoms with Crippen LogP contribution in [0.3, 0.4) is 0 Å². The van der Waals surface area contributed by atoms with Crippen molar-refractivity contribution in [2.24, 2.45) is 0 Å². The SMILES string of the molecule is CS(=O)(=O)NCc1cc(CNC(=O)c2ccccc2-n2cncn2)ccn1. The second kappa shape index (κ2) is 8.06. The fraction of sp³-hybridized carbons (Fsp3) is 0.176. The molecule has 0 bridgehead atoms. The lowest BCUT2D eigenvalue weighted by molar-refractivity contribution is 0.0950. The molecule has 0 spiro atoms. The molecule has 0 fully saturated rings. The first kappa shape index (κ1) is 18.7. The maximum Gasteiger partial charge on any atom is 0.253 e. The predicted octanol–water partition coefficient (Wildman–Crippen LogP) is 0.641. The highest BCUT2D eigenvalue weighted by atomic mass is 32.2. The fourth-order valence-electron chi connectivity index (χ4n) is 2.42. The average molecular weight is 386 g/mol. The van der Waals surface area contributed by atoms with Crippen LogP contribution >= 0.6 is 0 Å². The molecule has 0 aliphatic carbocycles. The number of sulfonamides is 1. The van der Waals surface area contributed by atoms with Gasteiger partial charge in [0.05, 0.1) is 29.7 Å². The molecule has 0 radical (unpaired) electrons. The second-order valence-electron chi connectivity index (χ2n) is 5.79. The highest BCUT2D eigenvalue weighted by molar-refractivity contribution is 7.88. The molecule has 0 aliphatic rings. The number of nitrogens with zero attached hydrogens (tertiary/aromatic N) is 4. The minimum atomic E-state index is -3.30. The van der Waals surface area contributed by atoms with Gasteiger partial charge >= 0.3 is 0 Å². The molecule has 10 heteroatoms. The lowest BCUT2D eigenvalue weighted by atomic mass is 10.1. The van der Waals surface area contributed by atoms with Crippen LogP contribution in [0.2, 0.25) is 0 Å². The van der Waals surface area contributed by atoms with E-state index >= 15 is 0 Å². The Morgan fingerprint density at radius 2 is 2.00 bits per heavy atom. The van der Waals surface area contributed by atoms with Crippen molar-refractivity contribution < 1.29 is 13.2 Å². The molecule has 2 heterocycles. The van der Waals surface area contributed by atoms with E-state index in [9.17, 15) is 13.2 Å². The van der Waals surface area contributed by atoms with Crippen molar-refractivity contribution in [2.45, 2.75) is 13.1 Å². The lowest BCUT2D eigenvalue weighted by Crippen LogP contribution is -2.25. The minimum absolute atomic E-state index is 0.0930. The zero-order valence-corrected chi connectivity index (χ0v) is 15.3. The molecule has 0 saturated heterocycles. The average Bonchev–Trinajstić information content (AvgIpc) is 3.19. The van der Waals surface area contributed by atoms with Crippen LogP contribution in [0.5, 0.6) is 0 Å². The van der Waals surface area contributed by atoms with Gasteiger partial charge in [-0.3, -0.25) is 9.78 Å². The van der Waals surface area contributed by atoms with Crippen molar-refractivity contribution >= 4 is 15.9 Å². The molecule has 0 aliphatic heterocycles. The summed E-state index contributed by atoms with van der Waals surface area (Å²) < 4.78 is 26.3. The maximum absolute atomic E-state index is 12.6. The Morgan fingerprint density at radius 1 is 1.19 bits per heavy atom. The number of amides is 1. The van der Waals surface area contributed by atoms with Crippen LogP contribution in [0.25, 0.3) is 5.69 Å². The first-order chi connectivity index (χ1) is 12.9. The molecule has 0 saturated carbocycles. The number of pyridine rings is 1. The summed E-state index contributed by atoms with van der Waals surface area (Å²) in [6, 6.07) is 10.6. The van der Waals surface area contributed by atoms with Gasteiger partial charge in [-0.1, -0.05) is 12.1 Å². The smallest absolute Gasteiger partial charge is 0.253 e. The largest absolute Gasteiger partial charge is 0.348 e. The Balaban J connectivity index is 1.68. The number of nitrogens with one attached hydrogen (secondary N) is 2. The lowest BCUT2D eigenvalue weighted by Gasteiger charge is -2.10. The first-order valence-electron chi connectivity index (χ1n) is 8.03. The quantitative estimate of drug-likeness (QED) is 0.615. The number of carbonyl (C=O) groups excluding carboxylic acids is 1. The summed E-state index contributed by atoms with van der Waals surface area (Å²) in [7, 11) is -3.30. The highest BCUT2D eigenvalue weighted by Crippen LogP contribution is 2.13. The third kappa shape index (κ3) is 5.19. The number of carbonyl (C=O) groups is 1. The van der Waals surface area contributed by atoms with Crippen molar-refractivity contribution in [3.63, 3.8) is 0 Å². The third-order valence-corrected chi connectivity index (χ3v) is 4.33. The summed E-state index contributed by atoms with van der Waals surface area (Å²) in [6.45, 7) is 0.370. The summed E-state index contributed by atoms with van der Waals surface area (Å²) in [5, 5.41) is 6.91. The second-order valence-corrected chi connectivity index (χ2v) is 7.62. The number of aromatic nitrogens is 4. The summed E-state index contributed by atoms with van der Waals surface area (Å²) in [5.41, 5.74) is 2.47. The number of hydrogen-bond acceptors (Lipinski definition) is 6. The van der Waals surface area contributed by atoms with Gasteiger partial charge in [0, 0.05) is 12.7 Å². The van der Waals surface area contributed by atoms with E-state index in [-0.39, 0.29) is 19.0 Å². The molecule has 0 atom stereocenters. The molecule has 0 unspecified atom stereocenters. The Labute approximate surface area is 156 Å². The molecular weight excluding hydrogens is 368 g/mol. The van der Waals surface area contributed by atoms with Crippen molar-refractivity contribution in [1.82, 2.24) is 29.8 Å². The summed E-state index contributed by atoms with van der Waals surface area (Å²) in [4.78, 5) is 20.6. The molecule has 1 amide bonds. The molecule has 27 heavy (non-hydrogen) atoms. The molecule has 3 aromatic rings. The van der Waals surface area contributed by atoms with Crippen molar-refractivity contribution in [3.05, 3.63) is 72.1 Å². The van der Waals surface area contributed by atoms with Crippen LogP contribution in [0.1, 0.15) is 21.6 Å². The van der Waals surface area contributed by atoms with Crippen molar-refractivity contribution in [2.75, 3.05) is 6.26 Å². The standard InChI is InChI=1S/C17H18N6O3S/c1-27(25,26)22-10-14-8-13(6-7-19-14)9-20-17(24)15-4-2-3-5-16(15)23-12-18-11-21-23/h2-8,11-12,22H,9-10H2,1H3,(H,20,24). The van der Waals surface area contributed by atoms with Crippen LogP contribution in [0.15, 0.2) is 55.2 Å². The van der Waals surface area contributed by atoms with Crippen molar-refractivity contribution in [1.29, 1.82) is 0 Å². The number of hydrogen-bond donors (Lipinski definition) is 2. The van der Waals surface area contributed by atoms with E-state index in [1.165, 1.54) is 17.3 Å². The van der Waals surface area contributed by atoms with Gasteiger partial charge in [0.15, 0.2) is 0 Å². The monoisotopic (exact) mass is 386 g/mol. The summed E-state index contributed by atoms with van der Waals surface area (Å²) in [6.07, 6.45) is 5.58. The Kier molecular flexibility index (Phi) is 5.57. The fourth-order valence-corrected chi connectivity index (χ4v) is 2.83. The van der Waals surface area contributed by atoms with E-state index in [1.807, 2.05) is 6.07 Å². The Bertz CT molecular complexity index is 1030. The van der Waals surface area contributed by atoms with E-state index < -0.39 is 10.0 Å². The molecule has 3 rings (SSSR count). The third-order valence-electron chi connectivity index (χ3n) is 3.66. The molecular formula is C17H18N6O3S. The van der Waals surface area contributed by atoms with Crippen LogP contribution in [0, 0.1) is 0 Å². The van der Waals surface area contributed by atoms with E-state index in [0.717, 1.165) is 11.8 Å². The molecule has 1 aromatic carbocycles. The highest BCUT2D eigenvalue weighted by Gasteiger charge is 2.12. The van der Waals surface area contributed by atoms with E-state index in [4.69, 9.17) is 0 Å².